The van der Waals surface area contributed by atoms with Gasteiger partial charge in [-0.1, -0.05) is 37.0 Å². The van der Waals surface area contributed by atoms with Crippen molar-refractivity contribution in [2.75, 3.05) is 11.9 Å². The molecule has 1 N–H and O–H groups in total. The first kappa shape index (κ1) is 16.5. The van der Waals surface area contributed by atoms with E-state index in [0.717, 1.165) is 22.5 Å². The van der Waals surface area contributed by atoms with Crippen LogP contribution in [-0.4, -0.2) is 21.5 Å². The van der Waals surface area contributed by atoms with Crippen LogP contribution < -0.4 is 5.32 Å². The third-order valence-electron chi connectivity index (χ3n) is 2.79. The van der Waals surface area contributed by atoms with Gasteiger partial charge in [-0.25, -0.2) is 15.0 Å². The van der Waals surface area contributed by atoms with Crippen LogP contribution in [0.25, 0.3) is 11.5 Å². The second-order valence-electron chi connectivity index (χ2n) is 4.76. The van der Waals surface area contributed by atoms with Gasteiger partial charge in [0.25, 0.3) is 0 Å². The van der Waals surface area contributed by atoms with E-state index in [-0.39, 0.29) is 5.92 Å². The van der Waals surface area contributed by atoms with Crippen LogP contribution in [-0.2, 0) is 0 Å². The number of nitrogens with one attached hydrogen (secondary N) is 1. The average Bonchev–Trinajstić information content (AvgIpc) is 2.41. The van der Waals surface area contributed by atoms with Gasteiger partial charge in [0.15, 0.2) is 5.82 Å². The summed E-state index contributed by atoms with van der Waals surface area (Å²) in [4.78, 5) is 13.3. The lowest BCUT2D eigenvalue weighted by Gasteiger charge is -2.14. The Hall–Kier alpha value is -0.910. The van der Waals surface area contributed by atoms with E-state index in [1.807, 2.05) is 6.92 Å². The first-order valence-corrected chi connectivity index (χ1v) is 8.11. The van der Waals surface area contributed by atoms with Gasteiger partial charge in [-0.15, -0.1) is 0 Å². The molecule has 0 saturated heterocycles. The normalized spacial score (nSPS) is 11.0. The lowest BCUT2D eigenvalue weighted by atomic mass is 10.1. The summed E-state index contributed by atoms with van der Waals surface area (Å²) in [5.41, 5.74) is 1.43. The molecule has 0 radical (unpaired) electrons. The Morgan fingerprint density at radius 1 is 1.29 bits per heavy atom. The van der Waals surface area contributed by atoms with Gasteiger partial charge in [0, 0.05) is 12.7 Å². The van der Waals surface area contributed by atoms with Crippen LogP contribution in [0.4, 0.5) is 5.82 Å². The maximum atomic E-state index is 6.21. The molecule has 0 aliphatic carbocycles. The summed E-state index contributed by atoms with van der Waals surface area (Å²) in [5, 5.41) is 4.13. The van der Waals surface area contributed by atoms with Crippen LogP contribution >= 0.6 is 39.1 Å². The van der Waals surface area contributed by atoms with Crippen LogP contribution in [0.15, 0.2) is 16.7 Å². The molecule has 7 heteroatoms. The minimum atomic E-state index is 0.240. The SMILES string of the molecule is CCNc1nc(-c2ncc(Cl)cc2Cl)nc(C(C)C)c1Br. The highest BCUT2D eigenvalue weighted by molar-refractivity contribution is 9.10. The molecule has 0 unspecified atom stereocenters. The minimum Gasteiger partial charge on any atom is -0.369 e. The van der Waals surface area contributed by atoms with Crippen LogP contribution in [0, 0.1) is 0 Å². The molecule has 21 heavy (non-hydrogen) atoms. The maximum absolute atomic E-state index is 6.21. The Labute approximate surface area is 142 Å². The Bertz CT molecular complexity index is 662. The van der Waals surface area contributed by atoms with Crippen LogP contribution in [0.5, 0.6) is 0 Å². The van der Waals surface area contributed by atoms with E-state index in [2.05, 4.69) is 50.0 Å². The Balaban J connectivity index is 2.62. The highest BCUT2D eigenvalue weighted by atomic mass is 79.9. The lowest BCUT2D eigenvalue weighted by molar-refractivity contribution is 0.808. The van der Waals surface area contributed by atoms with E-state index < -0.39 is 0 Å². The molecule has 2 rings (SSSR count). The Morgan fingerprint density at radius 3 is 2.57 bits per heavy atom. The number of hydrogen-bond donors (Lipinski definition) is 1. The fourth-order valence-corrected chi connectivity index (χ4v) is 3.06. The smallest absolute Gasteiger partial charge is 0.182 e. The van der Waals surface area contributed by atoms with Gasteiger partial charge in [0.2, 0.25) is 0 Å². The van der Waals surface area contributed by atoms with Crippen molar-refractivity contribution in [3.8, 4) is 11.5 Å². The molecule has 0 saturated carbocycles. The van der Waals surface area contributed by atoms with Crippen LogP contribution in [0.3, 0.4) is 0 Å². The molecule has 2 aromatic heterocycles. The molecule has 0 amide bonds. The van der Waals surface area contributed by atoms with Gasteiger partial charge in [-0.3, -0.25) is 0 Å². The molecular formula is C14H15BrCl2N4. The van der Waals surface area contributed by atoms with E-state index in [9.17, 15) is 0 Å². The number of halogens is 3. The Kier molecular flexibility index (Phi) is 5.41. The fraction of sp³-hybridized carbons (Fsp3) is 0.357. The van der Waals surface area contributed by atoms with Crippen molar-refractivity contribution in [2.45, 2.75) is 26.7 Å². The predicted molar refractivity (Wildman–Crippen MR) is 91.2 cm³/mol. The maximum Gasteiger partial charge on any atom is 0.182 e. The van der Waals surface area contributed by atoms with E-state index >= 15 is 0 Å². The highest BCUT2D eigenvalue weighted by Gasteiger charge is 2.18. The fourth-order valence-electron chi connectivity index (χ4n) is 1.82. The molecule has 0 aliphatic heterocycles. The summed E-state index contributed by atoms with van der Waals surface area (Å²) in [5.74, 6) is 1.46. The van der Waals surface area contributed by atoms with Gasteiger partial charge in [-0.2, -0.15) is 0 Å². The van der Waals surface area contributed by atoms with Crippen molar-refractivity contribution < 1.29 is 0 Å². The molecule has 0 spiro atoms. The van der Waals surface area contributed by atoms with E-state index in [1.165, 1.54) is 6.20 Å². The molecule has 2 aromatic rings. The molecule has 0 aromatic carbocycles. The van der Waals surface area contributed by atoms with Crippen molar-refractivity contribution in [3.05, 3.63) is 32.5 Å². The van der Waals surface area contributed by atoms with Gasteiger partial charge in [-0.05, 0) is 34.8 Å². The molecular weight excluding hydrogens is 375 g/mol. The zero-order chi connectivity index (χ0) is 15.6. The van der Waals surface area contributed by atoms with E-state index in [0.29, 0.717) is 21.6 Å². The van der Waals surface area contributed by atoms with E-state index in [4.69, 9.17) is 23.2 Å². The summed E-state index contributed by atoms with van der Waals surface area (Å²) in [6, 6.07) is 1.64. The number of rotatable bonds is 4. The molecule has 112 valence electrons. The van der Waals surface area contributed by atoms with Crippen molar-refractivity contribution in [1.29, 1.82) is 0 Å². The zero-order valence-electron chi connectivity index (χ0n) is 11.9. The van der Waals surface area contributed by atoms with Gasteiger partial charge in [0.1, 0.15) is 11.5 Å². The third kappa shape index (κ3) is 3.65. The summed E-state index contributed by atoms with van der Waals surface area (Å²) in [6.07, 6.45) is 1.54. The summed E-state index contributed by atoms with van der Waals surface area (Å²) >= 11 is 15.6. The summed E-state index contributed by atoms with van der Waals surface area (Å²) < 4.78 is 0.869. The number of aromatic nitrogens is 3. The number of hydrogen-bond acceptors (Lipinski definition) is 4. The van der Waals surface area contributed by atoms with Crippen molar-refractivity contribution >= 4 is 44.9 Å². The predicted octanol–water partition coefficient (Wildman–Crippen LogP) is 5.16. The van der Waals surface area contributed by atoms with Crippen molar-refractivity contribution in [3.63, 3.8) is 0 Å². The Morgan fingerprint density at radius 2 is 2.00 bits per heavy atom. The second-order valence-corrected chi connectivity index (χ2v) is 6.40. The number of anilines is 1. The monoisotopic (exact) mass is 388 g/mol. The first-order valence-electron chi connectivity index (χ1n) is 6.56. The van der Waals surface area contributed by atoms with E-state index in [1.54, 1.807) is 6.07 Å². The topological polar surface area (TPSA) is 50.7 Å². The highest BCUT2D eigenvalue weighted by Crippen LogP contribution is 2.33. The minimum absolute atomic E-state index is 0.240. The van der Waals surface area contributed by atoms with Gasteiger partial charge < -0.3 is 5.32 Å². The molecule has 0 atom stereocenters. The van der Waals surface area contributed by atoms with Crippen molar-refractivity contribution in [2.24, 2.45) is 0 Å². The summed E-state index contributed by atoms with van der Waals surface area (Å²) in [7, 11) is 0. The van der Waals surface area contributed by atoms with Gasteiger partial charge in [0.05, 0.1) is 20.2 Å². The average molecular weight is 390 g/mol. The first-order chi connectivity index (χ1) is 9.93. The largest absolute Gasteiger partial charge is 0.369 e. The quantitative estimate of drug-likeness (QED) is 0.784. The molecule has 4 nitrogen and oxygen atoms in total. The lowest BCUT2D eigenvalue weighted by Crippen LogP contribution is -2.07. The molecule has 0 fully saturated rings. The van der Waals surface area contributed by atoms with Gasteiger partial charge >= 0.3 is 0 Å². The number of nitrogens with zero attached hydrogens (tertiary/aromatic N) is 3. The third-order valence-corrected chi connectivity index (χ3v) is 4.06. The standard InChI is InChI=1S/C14H15BrCl2N4/c1-4-18-13-10(15)11(7(2)3)20-14(21-13)12-9(17)5-8(16)6-19-12/h5-7H,4H2,1-3H3,(H,18,20,21). The molecule has 0 aliphatic rings. The summed E-state index contributed by atoms with van der Waals surface area (Å²) in [6.45, 7) is 6.91. The number of pyridine rings is 1. The molecule has 0 bridgehead atoms. The van der Waals surface area contributed by atoms with Crippen LogP contribution in [0.2, 0.25) is 10.0 Å². The molecule has 2 heterocycles. The van der Waals surface area contributed by atoms with Crippen molar-refractivity contribution in [1.82, 2.24) is 15.0 Å². The zero-order valence-corrected chi connectivity index (χ0v) is 15.0. The second kappa shape index (κ2) is 6.90. The van der Waals surface area contributed by atoms with Crippen LogP contribution in [0.1, 0.15) is 32.4 Å².